The molecule has 2 aromatic rings. The SMILES string of the molecule is CC(=O)c1cc(S(=O)(=O)NC(=O)Nc2c3c(cc4c2CCC4)CCC3)cnn1. The van der Waals surface area contributed by atoms with Gasteiger partial charge >= 0.3 is 6.03 Å². The van der Waals surface area contributed by atoms with Gasteiger partial charge in [-0.2, -0.15) is 5.10 Å². The molecule has 0 unspecified atom stereocenters. The minimum Gasteiger partial charge on any atom is -0.307 e. The molecular weight excluding hydrogens is 380 g/mol. The van der Waals surface area contributed by atoms with Crippen LogP contribution >= 0.6 is 0 Å². The second kappa shape index (κ2) is 6.97. The molecule has 2 aliphatic rings. The summed E-state index contributed by atoms with van der Waals surface area (Å²) in [5.74, 6) is -0.413. The van der Waals surface area contributed by atoms with Crippen LogP contribution in [0.3, 0.4) is 0 Å². The summed E-state index contributed by atoms with van der Waals surface area (Å²) in [7, 11) is -4.18. The number of urea groups is 1. The molecule has 8 nitrogen and oxygen atoms in total. The number of carbonyl (C=O) groups is 2. The number of ketones is 1. The van der Waals surface area contributed by atoms with E-state index in [4.69, 9.17) is 0 Å². The first-order chi connectivity index (χ1) is 13.3. The van der Waals surface area contributed by atoms with E-state index in [-0.39, 0.29) is 10.6 Å². The third-order valence-electron chi connectivity index (χ3n) is 5.24. The zero-order valence-electron chi connectivity index (χ0n) is 15.4. The third kappa shape index (κ3) is 3.37. The van der Waals surface area contributed by atoms with Crippen LogP contribution in [0.5, 0.6) is 0 Å². The number of nitrogens with one attached hydrogen (secondary N) is 2. The van der Waals surface area contributed by atoms with Crippen molar-refractivity contribution in [2.75, 3.05) is 5.32 Å². The molecule has 146 valence electrons. The third-order valence-corrected chi connectivity index (χ3v) is 6.54. The van der Waals surface area contributed by atoms with E-state index in [1.807, 2.05) is 4.72 Å². The molecule has 0 saturated carbocycles. The summed E-state index contributed by atoms with van der Waals surface area (Å²) >= 11 is 0. The molecule has 0 spiro atoms. The van der Waals surface area contributed by atoms with E-state index in [0.29, 0.717) is 0 Å². The molecule has 0 saturated heterocycles. The molecule has 1 aromatic carbocycles. The van der Waals surface area contributed by atoms with Crippen LogP contribution in [0.4, 0.5) is 10.5 Å². The highest BCUT2D eigenvalue weighted by Gasteiger charge is 2.26. The van der Waals surface area contributed by atoms with E-state index in [9.17, 15) is 18.0 Å². The number of amides is 2. The highest BCUT2D eigenvalue weighted by molar-refractivity contribution is 7.90. The molecule has 2 amide bonds. The van der Waals surface area contributed by atoms with Crippen molar-refractivity contribution >= 4 is 27.5 Å². The van der Waals surface area contributed by atoms with Gasteiger partial charge in [-0.3, -0.25) is 4.79 Å². The minimum absolute atomic E-state index is 0.0815. The lowest BCUT2D eigenvalue weighted by Gasteiger charge is -2.16. The van der Waals surface area contributed by atoms with Crippen molar-refractivity contribution in [2.45, 2.75) is 50.3 Å². The average molecular weight is 400 g/mol. The monoisotopic (exact) mass is 400 g/mol. The van der Waals surface area contributed by atoms with E-state index in [1.165, 1.54) is 18.1 Å². The molecule has 0 bridgehead atoms. The molecule has 0 radical (unpaired) electrons. The average Bonchev–Trinajstić information content (AvgIpc) is 3.30. The van der Waals surface area contributed by atoms with Crippen LogP contribution < -0.4 is 10.0 Å². The first kappa shape index (κ1) is 18.5. The van der Waals surface area contributed by atoms with Crippen molar-refractivity contribution in [3.05, 3.63) is 46.3 Å². The van der Waals surface area contributed by atoms with Crippen molar-refractivity contribution < 1.29 is 18.0 Å². The Bertz CT molecular complexity index is 1060. The van der Waals surface area contributed by atoms with E-state index >= 15 is 0 Å². The fourth-order valence-electron chi connectivity index (χ4n) is 3.96. The summed E-state index contributed by atoms with van der Waals surface area (Å²) in [5, 5.41) is 9.90. The maximum Gasteiger partial charge on any atom is 0.333 e. The topological polar surface area (TPSA) is 118 Å². The van der Waals surface area contributed by atoms with Gasteiger partial charge in [-0.15, -0.1) is 5.10 Å². The molecule has 2 aliphatic carbocycles. The molecular formula is C19H20N4O4S. The predicted molar refractivity (Wildman–Crippen MR) is 102 cm³/mol. The second-order valence-corrected chi connectivity index (χ2v) is 8.81. The summed E-state index contributed by atoms with van der Waals surface area (Å²) < 4.78 is 27.1. The van der Waals surface area contributed by atoms with Gasteiger partial charge in [0.2, 0.25) is 0 Å². The first-order valence-corrected chi connectivity index (χ1v) is 10.7. The Morgan fingerprint density at radius 2 is 1.64 bits per heavy atom. The Balaban J connectivity index is 1.59. The van der Waals surface area contributed by atoms with E-state index in [0.717, 1.165) is 67.6 Å². The highest BCUT2D eigenvalue weighted by atomic mass is 32.2. The molecule has 0 atom stereocenters. The highest BCUT2D eigenvalue weighted by Crippen LogP contribution is 2.38. The molecule has 4 rings (SSSR count). The summed E-state index contributed by atoms with van der Waals surface area (Å²) in [6, 6.07) is 2.51. The largest absolute Gasteiger partial charge is 0.333 e. The fraction of sp³-hybridized carbons (Fsp3) is 0.368. The number of carbonyl (C=O) groups excluding carboxylic acids is 2. The Kier molecular flexibility index (Phi) is 4.62. The zero-order valence-corrected chi connectivity index (χ0v) is 16.2. The predicted octanol–water partition coefficient (Wildman–Crippen LogP) is 2.17. The second-order valence-electron chi connectivity index (χ2n) is 7.13. The van der Waals surface area contributed by atoms with Gasteiger partial charge in [0.15, 0.2) is 5.78 Å². The summed E-state index contributed by atoms with van der Waals surface area (Å²) in [4.78, 5) is 23.6. The molecule has 0 aliphatic heterocycles. The molecule has 28 heavy (non-hydrogen) atoms. The number of aryl methyl sites for hydroxylation is 2. The van der Waals surface area contributed by atoms with Crippen LogP contribution in [-0.4, -0.2) is 30.4 Å². The molecule has 2 N–H and O–H groups in total. The first-order valence-electron chi connectivity index (χ1n) is 9.19. The van der Waals surface area contributed by atoms with Crippen LogP contribution in [0.25, 0.3) is 0 Å². The van der Waals surface area contributed by atoms with E-state index in [1.54, 1.807) is 0 Å². The normalized spacial score (nSPS) is 15.0. The number of anilines is 1. The summed E-state index contributed by atoms with van der Waals surface area (Å²) in [6.07, 6.45) is 6.77. The van der Waals surface area contributed by atoms with Crippen molar-refractivity contribution in [3.63, 3.8) is 0 Å². The number of hydrogen-bond donors (Lipinski definition) is 2. The maximum atomic E-state index is 12.5. The molecule has 0 fully saturated rings. The van der Waals surface area contributed by atoms with Crippen LogP contribution in [0.15, 0.2) is 23.2 Å². The van der Waals surface area contributed by atoms with Gasteiger partial charge in [0.05, 0.1) is 6.20 Å². The zero-order chi connectivity index (χ0) is 19.9. The molecule has 1 aromatic heterocycles. The van der Waals surface area contributed by atoms with Gasteiger partial charge in [0.1, 0.15) is 10.6 Å². The van der Waals surface area contributed by atoms with Gasteiger partial charge in [-0.25, -0.2) is 17.9 Å². The van der Waals surface area contributed by atoms with Crippen molar-refractivity contribution in [1.82, 2.24) is 14.9 Å². The van der Waals surface area contributed by atoms with Crippen LogP contribution in [0.1, 0.15) is 52.5 Å². The minimum atomic E-state index is -4.18. The maximum absolute atomic E-state index is 12.5. The summed E-state index contributed by atoms with van der Waals surface area (Å²) in [6.45, 7) is 1.26. The van der Waals surface area contributed by atoms with E-state index < -0.39 is 21.8 Å². The summed E-state index contributed by atoms with van der Waals surface area (Å²) in [5.41, 5.74) is 5.37. The van der Waals surface area contributed by atoms with Gasteiger partial charge in [-0.1, -0.05) is 6.07 Å². The van der Waals surface area contributed by atoms with Crippen molar-refractivity contribution in [2.24, 2.45) is 0 Å². The lowest BCUT2D eigenvalue weighted by Crippen LogP contribution is -2.35. The molecule has 1 heterocycles. The number of sulfonamides is 1. The molecule has 9 heteroatoms. The van der Waals surface area contributed by atoms with Crippen molar-refractivity contribution in [1.29, 1.82) is 0 Å². The van der Waals surface area contributed by atoms with Gasteiger partial charge in [0.25, 0.3) is 10.0 Å². The quantitative estimate of drug-likeness (QED) is 0.760. The van der Waals surface area contributed by atoms with Crippen LogP contribution in [0.2, 0.25) is 0 Å². The standard InChI is InChI=1S/C19H20N4O4S/c1-11(24)17-9-14(10-20-22-17)28(26,27)23-19(25)21-18-15-6-2-4-12(15)8-13-5-3-7-16(13)18/h8-10H,2-7H2,1H3,(H2,21,23,25). The van der Waals surface area contributed by atoms with E-state index in [2.05, 4.69) is 21.6 Å². The van der Waals surface area contributed by atoms with Gasteiger partial charge in [0, 0.05) is 12.6 Å². The Morgan fingerprint density at radius 3 is 2.25 bits per heavy atom. The number of hydrogen-bond acceptors (Lipinski definition) is 6. The lowest BCUT2D eigenvalue weighted by molar-refractivity contribution is 0.101. The van der Waals surface area contributed by atoms with Crippen molar-refractivity contribution in [3.8, 4) is 0 Å². The van der Waals surface area contributed by atoms with Crippen LogP contribution in [0, 0.1) is 0 Å². The van der Waals surface area contributed by atoms with Gasteiger partial charge < -0.3 is 5.32 Å². The number of fused-ring (bicyclic) bond motifs is 2. The Morgan fingerprint density at radius 1 is 1.00 bits per heavy atom. The lowest BCUT2D eigenvalue weighted by atomic mass is 9.99. The Hall–Kier alpha value is -2.81. The fourth-order valence-corrected chi connectivity index (χ4v) is 4.82. The Labute approximate surface area is 162 Å². The van der Waals surface area contributed by atoms with Gasteiger partial charge in [-0.05, 0) is 66.8 Å². The van der Waals surface area contributed by atoms with Crippen LogP contribution in [-0.2, 0) is 35.7 Å². The number of rotatable bonds is 4. The number of benzene rings is 1. The smallest absolute Gasteiger partial charge is 0.307 e. The number of Topliss-reactive ketones (excluding diaryl/α,β-unsaturated/α-hetero) is 1. The number of aromatic nitrogens is 2. The number of nitrogens with zero attached hydrogens (tertiary/aromatic N) is 2.